The highest BCUT2D eigenvalue weighted by atomic mass is 35.5. The quantitative estimate of drug-likeness (QED) is 0.374. The summed E-state index contributed by atoms with van der Waals surface area (Å²) in [5.74, 6) is 0.700. The Balaban J connectivity index is 1.40. The van der Waals surface area contributed by atoms with Gasteiger partial charge < -0.3 is 10.1 Å². The highest BCUT2D eigenvalue weighted by Gasteiger charge is 2.21. The molecule has 0 radical (unpaired) electrons. The molecule has 4 aromatic rings. The van der Waals surface area contributed by atoms with Gasteiger partial charge in [-0.1, -0.05) is 49.7 Å². The molecule has 0 spiro atoms. The van der Waals surface area contributed by atoms with Crippen molar-refractivity contribution in [2.45, 2.75) is 32.9 Å². The van der Waals surface area contributed by atoms with Crippen LogP contribution in [0.4, 0.5) is 0 Å². The lowest BCUT2D eigenvalue weighted by Crippen LogP contribution is -2.24. The van der Waals surface area contributed by atoms with Crippen LogP contribution >= 0.6 is 11.6 Å². The van der Waals surface area contributed by atoms with E-state index in [-0.39, 0.29) is 11.8 Å². The molecule has 6 nitrogen and oxygen atoms in total. The maximum absolute atomic E-state index is 13.0. The van der Waals surface area contributed by atoms with Gasteiger partial charge in [0, 0.05) is 29.5 Å². The van der Waals surface area contributed by atoms with Gasteiger partial charge in [0.25, 0.3) is 5.91 Å². The maximum atomic E-state index is 13.0. The van der Waals surface area contributed by atoms with Gasteiger partial charge in [-0.25, -0.2) is 4.68 Å². The normalized spacial score (nSPS) is 10.9. The van der Waals surface area contributed by atoms with E-state index in [0.717, 1.165) is 28.3 Å². The molecule has 4 rings (SSSR count). The predicted molar refractivity (Wildman–Crippen MR) is 129 cm³/mol. The maximum Gasteiger partial charge on any atom is 0.255 e. The highest BCUT2D eigenvalue weighted by Crippen LogP contribution is 2.24. The molecule has 0 aliphatic heterocycles. The van der Waals surface area contributed by atoms with Gasteiger partial charge in [-0.3, -0.25) is 9.78 Å². The smallest absolute Gasteiger partial charge is 0.255 e. The first-order valence-corrected chi connectivity index (χ1v) is 11.1. The molecule has 1 N–H and O–H groups in total. The van der Waals surface area contributed by atoms with Crippen LogP contribution in [0, 0.1) is 0 Å². The van der Waals surface area contributed by atoms with Crippen LogP contribution in [0.1, 0.15) is 46.9 Å². The summed E-state index contributed by atoms with van der Waals surface area (Å²) in [5, 5.41) is 8.08. The van der Waals surface area contributed by atoms with E-state index in [4.69, 9.17) is 16.3 Å². The van der Waals surface area contributed by atoms with E-state index in [1.54, 1.807) is 23.3 Å². The minimum atomic E-state index is -0.163. The lowest BCUT2D eigenvalue weighted by atomic mass is 10.0. The van der Waals surface area contributed by atoms with Crippen molar-refractivity contribution in [2.24, 2.45) is 0 Å². The monoisotopic (exact) mass is 460 g/mol. The Labute approximate surface area is 198 Å². The second-order valence-electron chi connectivity index (χ2n) is 7.97. The van der Waals surface area contributed by atoms with Gasteiger partial charge in [0.2, 0.25) is 0 Å². The molecule has 0 atom stereocenters. The first-order valence-electron chi connectivity index (χ1n) is 10.7. The fourth-order valence-corrected chi connectivity index (χ4v) is 3.72. The molecule has 33 heavy (non-hydrogen) atoms. The van der Waals surface area contributed by atoms with Crippen LogP contribution in [0.5, 0.6) is 5.75 Å². The van der Waals surface area contributed by atoms with Crippen molar-refractivity contribution in [3.05, 3.63) is 107 Å². The van der Waals surface area contributed by atoms with Crippen molar-refractivity contribution in [2.75, 3.05) is 0 Å². The van der Waals surface area contributed by atoms with E-state index < -0.39 is 0 Å². The molecular formula is C26H25ClN4O2. The van der Waals surface area contributed by atoms with Gasteiger partial charge in [0.05, 0.1) is 23.1 Å². The summed E-state index contributed by atoms with van der Waals surface area (Å²) in [5.41, 5.74) is 4.21. The average molecular weight is 461 g/mol. The largest absolute Gasteiger partial charge is 0.489 e. The zero-order chi connectivity index (χ0) is 23.2. The van der Waals surface area contributed by atoms with E-state index in [0.29, 0.717) is 23.7 Å². The molecule has 0 saturated heterocycles. The first-order chi connectivity index (χ1) is 16.0. The van der Waals surface area contributed by atoms with Crippen molar-refractivity contribution < 1.29 is 9.53 Å². The molecule has 0 unspecified atom stereocenters. The highest BCUT2D eigenvalue weighted by molar-refractivity contribution is 6.30. The molecule has 0 bridgehead atoms. The van der Waals surface area contributed by atoms with Crippen LogP contribution in [0.25, 0.3) is 5.69 Å². The third kappa shape index (κ3) is 5.59. The summed E-state index contributed by atoms with van der Waals surface area (Å²) in [6.45, 7) is 4.94. The Kier molecular flexibility index (Phi) is 7.05. The van der Waals surface area contributed by atoms with Crippen LogP contribution < -0.4 is 10.1 Å². The number of amides is 1. The second-order valence-corrected chi connectivity index (χ2v) is 8.40. The van der Waals surface area contributed by atoms with Gasteiger partial charge in [-0.05, 0) is 47.9 Å². The number of hydrogen-bond donors (Lipinski definition) is 1. The molecule has 0 fully saturated rings. The van der Waals surface area contributed by atoms with E-state index in [9.17, 15) is 4.79 Å². The third-order valence-electron chi connectivity index (χ3n) is 5.16. The SMILES string of the molecule is CC(C)c1c(C(=O)NCc2ccc(OCc3cccnc3)cc2)cnn1-c1cccc(Cl)c1. The van der Waals surface area contributed by atoms with Crippen LogP contribution in [0.2, 0.25) is 5.02 Å². The number of benzene rings is 2. The molecule has 1 amide bonds. The summed E-state index contributed by atoms with van der Waals surface area (Å²) in [6, 6.07) is 19.0. The van der Waals surface area contributed by atoms with Crippen molar-refractivity contribution >= 4 is 17.5 Å². The van der Waals surface area contributed by atoms with Crippen LogP contribution in [-0.4, -0.2) is 20.7 Å². The predicted octanol–water partition coefficient (Wildman–Crippen LogP) is 5.55. The lowest BCUT2D eigenvalue weighted by molar-refractivity contribution is 0.0949. The van der Waals surface area contributed by atoms with Crippen molar-refractivity contribution in [1.29, 1.82) is 0 Å². The molecule has 0 saturated carbocycles. The fourth-order valence-electron chi connectivity index (χ4n) is 3.53. The number of carbonyl (C=O) groups excluding carboxylic acids is 1. The summed E-state index contributed by atoms with van der Waals surface area (Å²) < 4.78 is 7.57. The Morgan fingerprint density at radius 2 is 1.88 bits per heavy atom. The lowest BCUT2D eigenvalue weighted by Gasteiger charge is -2.13. The zero-order valence-electron chi connectivity index (χ0n) is 18.5. The van der Waals surface area contributed by atoms with Crippen LogP contribution in [0.3, 0.4) is 0 Å². The summed E-state index contributed by atoms with van der Waals surface area (Å²) in [4.78, 5) is 17.0. The Hall–Kier alpha value is -3.64. The van der Waals surface area contributed by atoms with Gasteiger partial charge in [-0.15, -0.1) is 0 Å². The standard InChI is InChI=1S/C26H25ClN4O2/c1-18(2)25-24(16-30-31(25)22-7-3-6-21(27)13-22)26(32)29-15-19-8-10-23(11-9-19)33-17-20-5-4-12-28-14-20/h3-14,16,18H,15,17H2,1-2H3,(H,29,32). The van der Waals surface area contributed by atoms with Crippen LogP contribution in [0.15, 0.2) is 79.3 Å². The zero-order valence-corrected chi connectivity index (χ0v) is 19.3. The summed E-state index contributed by atoms with van der Waals surface area (Å²) >= 11 is 6.14. The average Bonchev–Trinajstić information content (AvgIpc) is 3.28. The fraction of sp³-hybridized carbons (Fsp3) is 0.192. The van der Waals surface area contributed by atoms with E-state index in [1.165, 1.54) is 0 Å². The number of hydrogen-bond acceptors (Lipinski definition) is 4. The molecule has 7 heteroatoms. The van der Waals surface area contributed by atoms with Gasteiger partial charge >= 0.3 is 0 Å². The first kappa shape index (κ1) is 22.6. The molecular weight excluding hydrogens is 436 g/mol. The van der Waals surface area contributed by atoms with Gasteiger partial charge in [-0.2, -0.15) is 5.10 Å². The number of pyridine rings is 1. The van der Waals surface area contributed by atoms with Crippen molar-refractivity contribution in [1.82, 2.24) is 20.1 Å². The Bertz CT molecular complexity index is 1220. The molecule has 0 aliphatic rings. The summed E-state index contributed by atoms with van der Waals surface area (Å²) in [7, 11) is 0. The van der Waals surface area contributed by atoms with Crippen molar-refractivity contribution in [3.63, 3.8) is 0 Å². The molecule has 2 aromatic carbocycles. The second kappa shape index (κ2) is 10.3. The number of rotatable bonds is 8. The van der Waals surface area contributed by atoms with E-state index in [2.05, 4.69) is 15.4 Å². The molecule has 168 valence electrons. The van der Waals surface area contributed by atoms with E-state index >= 15 is 0 Å². The third-order valence-corrected chi connectivity index (χ3v) is 5.39. The van der Waals surface area contributed by atoms with Gasteiger partial charge in [0.15, 0.2) is 0 Å². The number of halogens is 1. The number of carbonyl (C=O) groups is 1. The summed E-state index contributed by atoms with van der Waals surface area (Å²) in [6.07, 6.45) is 5.13. The van der Waals surface area contributed by atoms with Gasteiger partial charge in [0.1, 0.15) is 12.4 Å². The number of nitrogens with one attached hydrogen (secondary N) is 1. The Morgan fingerprint density at radius 1 is 1.06 bits per heavy atom. The van der Waals surface area contributed by atoms with Crippen LogP contribution in [-0.2, 0) is 13.2 Å². The minimum absolute atomic E-state index is 0.100. The Morgan fingerprint density at radius 3 is 2.58 bits per heavy atom. The van der Waals surface area contributed by atoms with E-state index in [1.807, 2.05) is 74.5 Å². The molecule has 2 heterocycles. The number of aromatic nitrogens is 3. The molecule has 0 aliphatic carbocycles. The van der Waals surface area contributed by atoms with Crippen molar-refractivity contribution in [3.8, 4) is 11.4 Å². The molecule has 2 aromatic heterocycles. The topological polar surface area (TPSA) is 69.0 Å². The number of nitrogens with zero attached hydrogens (tertiary/aromatic N) is 3. The minimum Gasteiger partial charge on any atom is -0.489 e. The number of ether oxygens (including phenoxy) is 1.